The van der Waals surface area contributed by atoms with Crippen LogP contribution in [0.5, 0.6) is 0 Å². The van der Waals surface area contributed by atoms with Crippen molar-refractivity contribution in [2.75, 3.05) is 24.5 Å². The molecule has 1 aliphatic rings. The predicted octanol–water partition coefficient (Wildman–Crippen LogP) is 0.391. The Bertz CT molecular complexity index is 710. The Morgan fingerprint density at radius 2 is 2.15 bits per heavy atom. The van der Waals surface area contributed by atoms with Gasteiger partial charge < -0.3 is 20.3 Å². The number of carboxylic acid groups (broad SMARTS) is 1. The molecule has 1 unspecified atom stereocenters. The van der Waals surface area contributed by atoms with E-state index >= 15 is 0 Å². The second kappa shape index (κ2) is 4.97. The topological polar surface area (TPSA) is 85.4 Å². The van der Waals surface area contributed by atoms with E-state index in [1.165, 1.54) is 0 Å². The lowest BCUT2D eigenvalue weighted by molar-refractivity contribution is -0.138. The van der Waals surface area contributed by atoms with Gasteiger partial charge in [0, 0.05) is 25.0 Å². The second-order valence-electron chi connectivity index (χ2n) is 4.82. The van der Waals surface area contributed by atoms with Crippen molar-refractivity contribution in [2.45, 2.75) is 6.04 Å². The van der Waals surface area contributed by atoms with E-state index in [-0.39, 0.29) is 5.56 Å². The monoisotopic (exact) mass is 273 g/mol. The fourth-order valence-electron chi connectivity index (χ4n) is 2.56. The SMILES string of the molecule is O=C(O)C1CNCCN1c1cc2ccccc2c(=O)[nH]1. The minimum Gasteiger partial charge on any atom is -0.480 e. The van der Waals surface area contributed by atoms with Gasteiger partial charge in [0.05, 0.1) is 0 Å². The van der Waals surface area contributed by atoms with Gasteiger partial charge in [-0.05, 0) is 17.5 Å². The summed E-state index contributed by atoms with van der Waals surface area (Å²) in [6.45, 7) is 1.61. The maximum atomic E-state index is 12.1. The van der Waals surface area contributed by atoms with Gasteiger partial charge in [0.25, 0.3) is 5.56 Å². The van der Waals surface area contributed by atoms with Gasteiger partial charge in [-0.2, -0.15) is 0 Å². The van der Waals surface area contributed by atoms with E-state index in [9.17, 15) is 14.7 Å². The summed E-state index contributed by atoms with van der Waals surface area (Å²) in [4.78, 5) is 27.9. The number of nitrogens with one attached hydrogen (secondary N) is 2. The molecule has 1 fully saturated rings. The van der Waals surface area contributed by atoms with Gasteiger partial charge in [0.15, 0.2) is 0 Å². The molecule has 0 spiro atoms. The maximum Gasteiger partial charge on any atom is 0.327 e. The lowest BCUT2D eigenvalue weighted by atomic mass is 10.1. The lowest BCUT2D eigenvalue weighted by Gasteiger charge is -2.34. The number of H-pyrrole nitrogens is 1. The van der Waals surface area contributed by atoms with E-state index in [1.807, 2.05) is 24.3 Å². The van der Waals surface area contributed by atoms with E-state index in [1.54, 1.807) is 11.0 Å². The lowest BCUT2D eigenvalue weighted by Crippen LogP contribution is -2.55. The van der Waals surface area contributed by atoms with Crippen LogP contribution in [0, 0.1) is 0 Å². The number of pyridine rings is 1. The van der Waals surface area contributed by atoms with E-state index in [0.29, 0.717) is 30.8 Å². The van der Waals surface area contributed by atoms with Gasteiger partial charge in [0.2, 0.25) is 0 Å². The minimum atomic E-state index is -0.897. The first kappa shape index (κ1) is 12.7. The number of rotatable bonds is 2. The van der Waals surface area contributed by atoms with E-state index in [2.05, 4.69) is 10.3 Å². The number of piperazine rings is 1. The first-order valence-electron chi connectivity index (χ1n) is 6.49. The van der Waals surface area contributed by atoms with E-state index in [4.69, 9.17) is 0 Å². The first-order valence-corrected chi connectivity index (χ1v) is 6.49. The Balaban J connectivity index is 2.09. The van der Waals surface area contributed by atoms with Gasteiger partial charge in [-0.1, -0.05) is 18.2 Å². The molecule has 2 aromatic rings. The van der Waals surface area contributed by atoms with Crippen LogP contribution in [0.15, 0.2) is 35.1 Å². The number of benzene rings is 1. The molecule has 1 atom stereocenters. The molecule has 6 heteroatoms. The van der Waals surface area contributed by atoms with Crippen molar-refractivity contribution < 1.29 is 9.90 Å². The zero-order chi connectivity index (χ0) is 14.1. The van der Waals surface area contributed by atoms with Gasteiger partial charge in [-0.3, -0.25) is 4.79 Å². The van der Waals surface area contributed by atoms with Crippen molar-refractivity contribution in [3.8, 4) is 0 Å². The third-order valence-corrected chi connectivity index (χ3v) is 3.58. The molecule has 3 N–H and O–H groups in total. The number of aromatic amines is 1. The normalized spacial score (nSPS) is 19.2. The van der Waals surface area contributed by atoms with E-state index in [0.717, 1.165) is 5.39 Å². The van der Waals surface area contributed by atoms with Crippen LogP contribution in [0.1, 0.15) is 0 Å². The van der Waals surface area contributed by atoms with Crippen LogP contribution >= 0.6 is 0 Å². The van der Waals surface area contributed by atoms with Crippen LogP contribution in [0.2, 0.25) is 0 Å². The number of aliphatic carboxylic acids is 1. The average Bonchev–Trinajstić information content (AvgIpc) is 2.47. The smallest absolute Gasteiger partial charge is 0.327 e. The molecule has 20 heavy (non-hydrogen) atoms. The number of anilines is 1. The summed E-state index contributed by atoms with van der Waals surface area (Å²) in [5.74, 6) is -0.339. The summed E-state index contributed by atoms with van der Waals surface area (Å²) in [6.07, 6.45) is 0. The largest absolute Gasteiger partial charge is 0.480 e. The number of aromatic nitrogens is 1. The Labute approximate surface area is 115 Å². The van der Waals surface area contributed by atoms with Gasteiger partial charge >= 0.3 is 5.97 Å². The highest BCUT2D eigenvalue weighted by molar-refractivity contribution is 5.85. The molecule has 3 rings (SSSR count). The van der Waals surface area contributed by atoms with Gasteiger partial charge in [-0.25, -0.2) is 4.79 Å². The van der Waals surface area contributed by atoms with E-state index < -0.39 is 12.0 Å². The molecule has 0 saturated carbocycles. The summed E-state index contributed by atoms with van der Waals surface area (Å²) in [5.41, 5.74) is -0.194. The third-order valence-electron chi connectivity index (χ3n) is 3.58. The molecule has 0 bridgehead atoms. The number of hydrogen-bond acceptors (Lipinski definition) is 4. The van der Waals surface area contributed by atoms with Crippen molar-refractivity contribution in [3.05, 3.63) is 40.7 Å². The van der Waals surface area contributed by atoms with Gasteiger partial charge in [-0.15, -0.1) is 0 Å². The fourth-order valence-corrected chi connectivity index (χ4v) is 2.56. The van der Waals surface area contributed by atoms with Crippen LogP contribution in [0.3, 0.4) is 0 Å². The van der Waals surface area contributed by atoms with Crippen molar-refractivity contribution in [2.24, 2.45) is 0 Å². The molecule has 2 heterocycles. The summed E-state index contributed by atoms with van der Waals surface area (Å²) in [7, 11) is 0. The Morgan fingerprint density at radius 3 is 2.95 bits per heavy atom. The molecule has 6 nitrogen and oxygen atoms in total. The number of carbonyl (C=O) groups is 1. The standard InChI is InChI=1S/C14H15N3O3/c18-13-10-4-2-1-3-9(10)7-12(16-13)17-6-5-15-8-11(17)14(19)20/h1-4,7,11,15H,5-6,8H2,(H,16,18)(H,19,20). The molecule has 0 amide bonds. The molecular formula is C14H15N3O3. The minimum absolute atomic E-state index is 0.194. The fraction of sp³-hybridized carbons (Fsp3) is 0.286. The summed E-state index contributed by atoms with van der Waals surface area (Å²) < 4.78 is 0. The van der Waals surface area contributed by atoms with Crippen molar-refractivity contribution >= 4 is 22.6 Å². The molecule has 1 saturated heterocycles. The molecule has 0 aliphatic carbocycles. The first-order chi connectivity index (χ1) is 9.66. The van der Waals surface area contributed by atoms with Crippen LogP contribution in [-0.2, 0) is 4.79 Å². The Morgan fingerprint density at radius 1 is 1.35 bits per heavy atom. The molecule has 104 valence electrons. The highest BCUT2D eigenvalue weighted by Gasteiger charge is 2.29. The number of fused-ring (bicyclic) bond motifs is 1. The van der Waals surface area contributed by atoms with Crippen LogP contribution < -0.4 is 15.8 Å². The molecule has 1 aromatic carbocycles. The Hall–Kier alpha value is -2.34. The average molecular weight is 273 g/mol. The summed E-state index contributed by atoms with van der Waals surface area (Å²) >= 11 is 0. The maximum absolute atomic E-state index is 12.1. The number of carboxylic acids is 1. The molecule has 1 aromatic heterocycles. The number of hydrogen-bond donors (Lipinski definition) is 3. The third kappa shape index (κ3) is 2.14. The zero-order valence-electron chi connectivity index (χ0n) is 10.8. The van der Waals surface area contributed by atoms with Gasteiger partial charge in [0.1, 0.15) is 11.9 Å². The van der Waals surface area contributed by atoms with Crippen LogP contribution in [0.25, 0.3) is 10.8 Å². The zero-order valence-corrected chi connectivity index (χ0v) is 10.8. The van der Waals surface area contributed by atoms with Crippen molar-refractivity contribution in [1.82, 2.24) is 10.3 Å². The predicted molar refractivity (Wildman–Crippen MR) is 76.2 cm³/mol. The highest BCUT2D eigenvalue weighted by atomic mass is 16.4. The van der Waals surface area contributed by atoms with Crippen molar-refractivity contribution in [3.63, 3.8) is 0 Å². The van der Waals surface area contributed by atoms with Crippen molar-refractivity contribution in [1.29, 1.82) is 0 Å². The quantitative estimate of drug-likeness (QED) is 0.737. The molecule has 1 aliphatic heterocycles. The second-order valence-corrected chi connectivity index (χ2v) is 4.82. The summed E-state index contributed by atoms with van der Waals surface area (Å²) in [6, 6.07) is 8.44. The summed E-state index contributed by atoms with van der Waals surface area (Å²) in [5, 5.41) is 13.8. The molecule has 0 radical (unpaired) electrons. The number of nitrogens with zero attached hydrogens (tertiary/aromatic N) is 1. The molecular weight excluding hydrogens is 258 g/mol. The van der Waals surface area contributed by atoms with Crippen LogP contribution in [-0.4, -0.2) is 41.7 Å². The Kier molecular flexibility index (Phi) is 3.15. The van der Waals surface area contributed by atoms with Crippen LogP contribution in [0.4, 0.5) is 5.82 Å². The highest BCUT2D eigenvalue weighted by Crippen LogP contribution is 2.19.